The van der Waals surface area contributed by atoms with Crippen molar-refractivity contribution in [1.29, 1.82) is 0 Å². The highest BCUT2D eigenvalue weighted by Crippen LogP contribution is 2.23. The molecule has 30 heavy (non-hydrogen) atoms. The molecule has 0 saturated carbocycles. The van der Waals surface area contributed by atoms with Gasteiger partial charge < -0.3 is 15.0 Å². The molecule has 0 bridgehead atoms. The second kappa shape index (κ2) is 8.90. The Hall–Kier alpha value is -3.48. The Morgan fingerprint density at radius 1 is 1.07 bits per heavy atom. The monoisotopic (exact) mass is 406 g/mol. The lowest BCUT2D eigenvalue weighted by Gasteiger charge is -2.16. The van der Waals surface area contributed by atoms with E-state index in [1.165, 1.54) is 37.1 Å². The summed E-state index contributed by atoms with van der Waals surface area (Å²) in [5, 5.41) is 11.5. The fourth-order valence-electron chi connectivity index (χ4n) is 3.37. The summed E-state index contributed by atoms with van der Waals surface area (Å²) in [7, 11) is 0. The van der Waals surface area contributed by atoms with E-state index in [4.69, 9.17) is 4.74 Å². The van der Waals surface area contributed by atoms with Gasteiger partial charge in [0.2, 0.25) is 0 Å². The van der Waals surface area contributed by atoms with Gasteiger partial charge in [-0.3, -0.25) is 4.79 Å². The molecule has 1 aliphatic rings. The van der Waals surface area contributed by atoms with Crippen molar-refractivity contribution in [2.75, 3.05) is 23.3 Å². The molecule has 154 valence electrons. The highest BCUT2D eigenvalue weighted by molar-refractivity contribution is 5.94. The number of rotatable bonds is 6. The highest BCUT2D eigenvalue weighted by atomic mass is 19.1. The number of halogens is 1. The Morgan fingerprint density at radius 2 is 1.83 bits per heavy atom. The number of anilines is 2. The third-order valence-corrected chi connectivity index (χ3v) is 5.00. The normalized spacial score (nSPS) is 14.4. The number of nitrogens with zero attached hydrogens (tertiary/aromatic N) is 3. The summed E-state index contributed by atoms with van der Waals surface area (Å²) in [6.45, 7) is 3.69. The number of hydrogen-bond acceptors (Lipinski definition) is 5. The van der Waals surface area contributed by atoms with Gasteiger partial charge in [-0.15, -0.1) is 10.2 Å². The first-order chi connectivity index (χ1) is 14.6. The average Bonchev–Trinajstić information content (AvgIpc) is 3.30. The van der Waals surface area contributed by atoms with Crippen molar-refractivity contribution >= 4 is 17.4 Å². The molecule has 1 N–H and O–H groups in total. The Balaban J connectivity index is 1.41. The summed E-state index contributed by atoms with van der Waals surface area (Å²) in [4.78, 5) is 14.7. The van der Waals surface area contributed by atoms with Crippen molar-refractivity contribution in [3.8, 4) is 17.0 Å². The van der Waals surface area contributed by atoms with Crippen LogP contribution in [0.1, 0.15) is 19.8 Å². The third-order valence-electron chi connectivity index (χ3n) is 5.00. The van der Waals surface area contributed by atoms with Crippen LogP contribution >= 0.6 is 0 Å². The fraction of sp³-hybridized carbons (Fsp3) is 0.261. The number of amides is 1. The maximum Gasteiger partial charge on any atom is 0.265 e. The van der Waals surface area contributed by atoms with E-state index in [1.54, 1.807) is 13.0 Å². The molecule has 0 spiro atoms. The quantitative estimate of drug-likeness (QED) is 0.662. The van der Waals surface area contributed by atoms with Gasteiger partial charge in [0.15, 0.2) is 11.9 Å². The maximum atomic E-state index is 13.0. The summed E-state index contributed by atoms with van der Waals surface area (Å²) in [6, 6.07) is 16.9. The Kier molecular flexibility index (Phi) is 5.88. The predicted octanol–water partition coefficient (Wildman–Crippen LogP) is 4.29. The van der Waals surface area contributed by atoms with Crippen LogP contribution in [0.2, 0.25) is 0 Å². The molecule has 6 nitrogen and oxygen atoms in total. The zero-order valence-corrected chi connectivity index (χ0v) is 16.7. The Morgan fingerprint density at radius 3 is 2.53 bits per heavy atom. The van der Waals surface area contributed by atoms with E-state index < -0.39 is 6.10 Å². The summed E-state index contributed by atoms with van der Waals surface area (Å²) >= 11 is 0. The number of ether oxygens (including phenoxy) is 1. The van der Waals surface area contributed by atoms with E-state index in [0.29, 0.717) is 11.4 Å². The lowest BCUT2D eigenvalue weighted by atomic mass is 10.1. The molecule has 2 aromatic carbocycles. The van der Waals surface area contributed by atoms with Crippen LogP contribution in [0.15, 0.2) is 60.7 Å². The zero-order valence-electron chi connectivity index (χ0n) is 16.7. The van der Waals surface area contributed by atoms with Crippen molar-refractivity contribution in [1.82, 2.24) is 10.2 Å². The van der Waals surface area contributed by atoms with Crippen molar-refractivity contribution < 1.29 is 13.9 Å². The Bertz CT molecular complexity index is 1000. The van der Waals surface area contributed by atoms with Crippen molar-refractivity contribution in [3.63, 3.8) is 0 Å². The van der Waals surface area contributed by atoms with Gasteiger partial charge in [0, 0.05) is 24.3 Å². The highest BCUT2D eigenvalue weighted by Gasteiger charge is 2.16. The van der Waals surface area contributed by atoms with Gasteiger partial charge in [0.1, 0.15) is 11.6 Å². The topological polar surface area (TPSA) is 67.3 Å². The van der Waals surface area contributed by atoms with Gasteiger partial charge in [0.25, 0.3) is 5.91 Å². The molecule has 1 saturated heterocycles. The van der Waals surface area contributed by atoms with Crippen LogP contribution < -0.4 is 15.0 Å². The van der Waals surface area contributed by atoms with Crippen LogP contribution in [0, 0.1) is 5.82 Å². The summed E-state index contributed by atoms with van der Waals surface area (Å²) in [6.07, 6.45) is 1.64. The molecule has 1 aliphatic heterocycles. The number of nitrogens with one attached hydrogen (secondary N) is 1. The lowest BCUT2D eigenvalue weighted by molar-refractivity contribution is -0.122. The molecule has 3 aromatic rings. The van der Waals surface area contributed by atoms with Crippen molar-refractivity contribution in [2.24, 2.45) is 0 Å². The number of hydrogen-bond donors (Lipinski definition) is 1. The molecular formula is C23H23FN4O2. The minimum Gasteiger partial charge on any atom is -0.481 e. The van der Waals surface area contributed by atoms with Gasteiger partial charge in [-0.05, 0) is 68.3 Å². The molecule has 7 heteroatoms. The molecule has 0 radical (unpaired) electrons. The van der Waals surface area contributed by atoms with Gasteiger partial charge in [0.05, 0.1) is 5.69 Å². The number of benzene rings is 2. The predicted molar refractivity (Wildman–Crippen MR) is 114 cm³/mol. The zero-order chi connectivity index (χ0) is 20.9. The van der Waals surface area contributed by atoms with E-state index in [1.807, 2.05) is 30.3 Å². The molecule has 1 atom stereocenters. The maximum absolute atomic E-state index is 13.0. The SMILES string of the molecule is CC(Oc1ccc(F)cc1)C(=O)Nc1cccc(-c2ccc(N3CCCC3)nn2)c1. The number of carbonyl (C=O) groups is 1. The second-order valence-corrected chi connectivity index (χ2v) is 7.25. The summed E-state index contributed by atoms with van der Waals surface area (Å²) in [5.74, 6) is 0.674. The van der Waals surface area contributed by atoms with E-state index >= 15 is 0 Å². The van der Waals surface area contributed by atoms with Crippen LogP contribution in [0.4, 0.5) is 15.9 Å². The summed E-state index contributed by atoms with van der Waals surface area (Å²) < 4.78 is 18.6. The average molecular weight is 406 g/mol. The van der Waals surface area contributed by atoms with Crippen LogP contribution in [0.3, 0.4) is 0 Å². The largest absolute Gasteiger partial charge is 0.481 e. The molecule has 1 unspecified atom stereocenters. The number of carbonyl (C=O) groups excluding carboxylic acids is 1. The molecule has 1 amide bonds. The first kappa shape index (κ1) is 19.8. The minimum absolute atomic E-state index is 0.299. The van der Waals surface area contributed by atoms with E-state index in [-0.39, 0.29) is 11.7 Å². The van der Waals surface area contributed by atoms with E-state index in [9.17, 15) is 9.18 Å². The number of aromatic nitrogens is 2. The van der Waals surface area contributed by atoms with Crippen LogP contribution in [-0.2, 0) is 4.79 Å². The standard InChI is InChI=1S/C23H23FN4O2/c1-16(30-20-9-7-18(24)8-10-20)23(29)25-19-6-4-5-17(15-19)21-11-12-22(27-26-21)28-13-2-3-14-28/h4-12,15-16H,2-3,13-14H2,1H3,(H,25,29). The van der Waals surface area contributed by atoms with Crippen molar-refractivity contribution in [3.05, 3.63) is 66.5 Å². The van der Waals surface area contributed by atoms with Gasteiger partial charge in [-0.25, -0.2) is 4.39 Å². The van der Waals surface area contributed by atoms with Gasteiger partial charge >= 0.3 is 0 Å². The molecule has 1 aromatic heterocycles. The molecule has 0 aliphatic carbocycles. The van der Waals surface area contributed by atoms with Crippen LogP contribution in [0.5, 0.6) is 5.75 Å². The third kappa shape index (κ3) is 4.74. The first-order valence-electron chi connectivity index (χ1n) is 10.0. The van der Waals surface area contributed by atoms with E-state index in [2.05, 4.69) is 20.4 Å². The molecule has 4 rings (SSSR count). The summed E-state index contributed by atoms with van der Waals surface area (Å²) in [5.41, 5.74) is 2.24. The van der Waals surface area contributed by atoms with Crippen molar-refractivity contribution in [2.45, 2.75) is 25.9 Å². The molecule has 2 heterocycles. The Labute approximate surface area is 174 Å². The first-order valence-corrected chi connectivity index (χ1v) is 10.0. The molecule has 1 fully saturated rings. The molecular weight excluding hydrogens is 383 g/mol. The fourth-order valence-corrected chi connectivity index (χ4v) is 3.37. The second-order valence-electron chi connectivity index (χ2n) is 7.25. The minimum atomic E-state index is -0.737. The van der Waals surface area contributed by atoms with Gasteiger partial charge in [-0.2, -0.15) is 0 Å². The van der Waals surface area contributed by atoms with Crippen LogP contribution in [-0.4, -0.2) is 35.3 Å². The van der Waals surface area contributed by atoms with Gasteiger partial charge in [-0.1, -0.05) is 12.1 Å². The smallest absolute Gasteiger partial charge is 0.265 e. The van der Waals surface area contributed by atoms with E-state index in [0.717, 1.165) is 30.2 Å². The van der Waals surface area contributed by atoms with Crippen LogP contribution in [0.25, 0.3) is 11.3 Å². The lowest BCUT2D eigenvalue weighted by Crippen LogP contribution is -2.30.